The van der Waals surface area contributed by atoms with E-state index in [9.17, 15) is 5.11 Å². The van der Waals surface area contributed by atoms with Gasteiger partial charge in [0.25, 0.3) is 0 Å². The van der Waals surface area contributed by atoms with E-state index >= 15 is 0 Å². The first-order chi connectivity index (χ1) is 6.11. The van der Waals surface area contributed by atoms with Gasteiger partial charge in [0.2, 0.25) is 0 Å². The molecule has 4 N–H and O–H groups in total. The predicted octanol–water partition coefficient (Wildman–Crippen LogP) is 1.89. The zero-order valence-corrected chi connectivity index (χ0v) is 9.27. The second-order valence-electron chi connectivity index (χ2n) is 3.38. The normalized spacial score (nSPS) is 9.93. The molecule has 0 amide bonds. The van der Waals surface area contributed by atoms with Crippen LogP contribution in [-0.2, 0) is 6.54 Å². The summed E-state index contributed by atoms with van der Waals surface area (Å²) in [6, 6.07) is 5.56. The van der Waals surface area contributed by atoms with E-state index in [1.54, 1.807) is 18.2 Å². The third-order valence-electron chi connectivity index (χ3n) is 1.87. The Morgan fingerprint density at radius 3 is 2.57 bits per heavy atom. The van der Waals surface area contributed by atoms with Crippen molar-refractivity contribution in [3.63, 3.8) is 0 Å². The van der Waals surface area contributed by atoms with Crippen LogP contribution in [0.5, 0.6) is 5.75 Å². The monoisotopic (exact) mass is 216 g/mol. The first-order valence-corrected chi connectivity index (χ1v) is 4.41. The molecule has 1 rings (SSSR count). The van der Waals surface area contributed by atoms with Crippen molar-refractivity contribution < 1.29 is 5.11 Å². The molecule has 0 aromatic heterocycles. The number of nitrogens with one attached hydrogen (secondary N) is 1. The van der Waals surface area contributed by atoms with E-state index in [2.05, 4.69) is 19.2 Å². The highest BCUT2D eigenvalue weighted by Gasteiger charge is 2.04. The largest absolute Gasteiger partial charge is 0.508 e. The Hall–Kier alpha value is -0.930. The third-order valence-corrected chi connectivity index (χ3v) is 1.87. The van der Waals surface area contributed by atoms with Crippen molar-refractivity contribution in [3.8, 4) is 5.75 Å². The molecule has 0 aliphatic heterocycles. The first-order valence-electron chi connectivity index (χ1n) is 4.41. The Labute approximate surface area is 90.7 Å². The van der Waals surface area contributed by atoms with Crippen LogP contribution in [0.4, 0.5) is 5.69 Å². The average molecular weight is 217 g/mol. The lowest BCUT2D eigenvalue weighted by molar-refractivity contribution is 0.462. The second-order valence-corrected chi connectivity index (χ2v) is 3.38. The first kappa shape index (κ1) is 13.1. The van der Waals surface area contributed by atoms with Crippen molar-refractivity contribution in [2.24, 2.45) is 0 Å². The molecular formula is C10H17ClN2O. The van der Waals surface area contributed by atoms with Crippen molar-refractivity contribution in [2.75, 3.05) is 5.73 Å². The Morgan fingerprint density at radius 1 is 1.43 bits per heavy atom. The topological polar surface area (TPSA) is 58.3 Å². The maximum Gasteiger partial charge on any atom is 0.122 e. The molecule has 80 valence electrons. The van der Waals surface area contributed by atoms with Gasteiger partial charge in [0.1, 0.15) is 5.75 Å². The van der Waals surface area contributed by atoms with E-state index in [1.807, 2.05) is 0 Å². The smallest absolute Gasteiger partial charge is 0.122 e. The number of nitrogens with two attached hydrogens (primary N) is 1. The zero-order valence-electron chi connectivity index (χ0n) is 8.45. The fourth-order valence-corrected chi connectivity index (χ4v) is 1.09. The lowest BCUT2D eigenvalue weighted by Crippen LogP contribution is -2.22. The summed E-state index contributed by atoms with van der Waals surface area (Å²) < 4.78 is 0. The van der Waals surface area contributed by atoms with Crippen molar-refractivity contribution in [3.05, 3.63) is 23.8 Å². The molecule has 0 atom stereocenters. The van der Waals surface area contributed by atoms with E-state index in [-0.39, 0.29) is 18.2 Å². The highest BCUT2D eigenvalue weighted by molar-refractivity contribution is 5.85. The summed E-state index contributed by atoms with van der Waals surface area (Å²) in [5, 5.41) is 12.7. The Bertz CT molecular complexity index is 269. The molecule has 0 aliphatic carbocycles. The Kier molecular flexibility index (Phi) is 5.35. The van der Waals surface area contributed by atoms with E-state index in [1.165, 1.54) is 0 Å². The van der Waals surface area contributed by atoms with Crippen LogP contribution in [0.2, 0.25) is 0 Å². The molecule has 1 aromatic carbocycles. The number of phenolic OH excluding ortho intramolecular Hbond substituents is 1. The highest BCUT2D eigenvalue weighted by Crippen LogP contribution is 2.22. The second kappa shape index (κ2) is 5.73. The van der Waals surface area contributed by atoms with E-state index in [4.69, 9.17) is 5.73 Å². The average Bonchev–Trinajstić information content (AvgIpc) is 2.03. The quantitative estimate of drug-likeness (QED) is 0.677. The van der Waals surface area contributed by atoms with Gasteiger partial charge in [-0.25, -0.2) is 0 Å². The van der Waals surface area contributed by atoms with Gasteiger partial charge in [-0.3, -0.25) is 0 Å². The molecule has 0 fully saturated rings. The van der Waals surface area contributed by atoms with Crippen LogP contribution in [0.1, 0.15) is 19.4 Å². The van der Waals surface area contributed by atoms with Gasteiger partial charge in [-0.05, 0) is 12.1 Å². The van der Waals surface area contributed by atoms with E-state index in [0.29, 0.717) is 18.3 Å². The van der Waals surface area contributed by atoms with Crippen LogP contribution in [0.3, 0.4) is 0 Å². The standard InChI is InChI=1S/C10H16N2O.ClH/c1-7(2)12-6-8-9(11)4-3-5-10(8)13;/h3-5,7,12-13H,6,11H2,1-2H3;1H. The summed E-state index contributed by atoms with van der Waals surface area (Å²) in [6.45, 7) is 4.71. The molecule has 0 aliphatic rings. The number of phenols is 1. The van der Waals surface area contributed by atoms with Gasteiger partial charge >= 0.3 is 0 Å². The summed E-state index contributed by atoms with van der Waals surface area (Å²) in [5.74, 6) is 0.258. The number of halogens is 1. The van der Waals surface area contributed by atoms with Gasteiger partial charge in [-0.15, -0.1) is 12.4 Å². The highest BCUT2D eigenvalue weighted by atomic mass is 35.5. The molecule has 3 nitrogen and oxygen atoms in total. The van der Waals surface area contributed by atoms with Crippen molar-refractivity contribution in [1.82, 2.24) is 5.32 Å². The molecule has 0 bridgehead atoms. The fourth-order valence-electron chi connectivity index (χ4n) is 1.09. The molecule has 0 saturated heterocycles. The number of hydrogen-bond donors (Lipinski definition) is 3. The van der Waals surface area contributed by atoms with Gasteiger partial charge in [0.05, 0.1) is 0 Å². The summed E-state index contributed by atoms with van der Waals surface area (Å²) in [5.41, 5.74) is 7.11. The van der Waals surface area contributed by atoms with Gasteiger partial charge in [0, 0.05) is 23.8 Å². The number of rotatable bonds is 3. The lowest BCUT2D eigenvalue weighted by atomic mass is 10.1. The predicted molar refractivity (Wildman–Crippen MR) is 61.7 cm³/mol. The maximum atomic E-state index is 9.48. The molecule has 0 saturated carbocycles. The molecule has 0 spiro atoms. The van der Waals surface area contributed by atoms with Gasteiger partial charge in [-0.1, -0.05) is 19.9 Å². The van der Waals surface area contributed by atoms with Crippen molar-refractivity contribution in [2.45, 2.75) is 26.4 Å². The number of anilines is 1. The molecule has 14 heavy (non-hydrogen) atoms. The summed E-state index contributed by atoms with van der Waals surface area (Å²) >= 11 is 0. The van der Waals surface area contributed by atoms with Gasteiger partial charge < -0.3 is 16.2 Å². The van der Waals surface area contributed by atoms with Crippen LogP contribution < -0.4 is 11.1 Å². The van der Waals surface area contributed by atoms with Crippen LogP contribution in [0, 0.1) is 0 Å². The van der Waals surface area contributed by atoms with Crippen LogP contribution in [0.15, 0.2) is 18.2 Å². The molecule has 0 heterocycles. The molecule has 4 heteroatoms. The molecule has 1 aromatic rings. The third kappa shape index (κ3) is 3.44. The van der Waals surface area contributed by atoms with E-state index < -0.39 is 0 Å². The number of aromatic hydroxyl groups is 1. The number of nitrogen functional groups attached to an aromatic ring is 1. The zero-order chi connectivity index (χ0) is 9.84. The Balaban J connectivity index is 0.00000169. The minimum absolute atomic E-state index is 0. The Morgan fingerprint density at radius 2 is 2.07 bits per heavy atom. The minimum Gasteiger partial charge on any atom is -0.508 e. The van der Waals surface area contributed by atoms with Crippen LogP contribution >= 0.6 is 12.4 Å². The summed E-state index contributed by atoms with van der Waals surface area (Å²) in [7, 11) is 0. The van der Waals surface area contributed by atoms with Gasteiger partial charge in [-0.2, -0.15) is 0 Å². The molecular weight excluding hydrogens is 200 g/mol. The minimum atomic E-state index is 0. The molecule has 0 unspecified atom stereocenters. The van der Waals surface area contributed by atoms with Crippen LogP contribution in [0.25, 0.3) is 0 Å². The van der Waals surface area contributed by atoms with Crippen molar-refractivity contribution in [1.29, 1.82) is 0 Å². The van der Waals surface area contributed by atoms with E-state index in [0.717, 1.165) is 5.56 Å². The summed E-state index contributed by atoms with van der Waals surface area (Å²) in [6.07, 6.45) is 0. The summed E-state index contributed by atoms with van der Waals surface area (Å²) in [4.78, 5) is 0. The van der Waals surface area contributed by atoms with Crippen LogP contribution in [-0.4, -0.2) is 11.1 Å². The van der Waals surface area contributed by atoms with Crippen molar-refractivity contribution >= 4 is 18.1 Å². The molecule has 0 radical (unpaired) electrons. The SMILES string of the molecule is CC(C)NCc1c(N)cccc1O.Cl. The number of benzene rings is 1. The number of hydrogen-bond acceptors (Lipinski definition) is 3. The van der Waals surface area contributed by atoms with Gasteiger partial charge in [0.15, 0.2) is 0 Å². The maximum absolute atomic E-state index is 9.48. The fraction of sp³-hybridized carbons (Fsp3) is 0.400. The lowest BCUT2D eigenvalue weighted by Gasteiger charge is -2.11.